The number of hydrogen-bond acceptors (Lipinski definition) is 5. The average molecular weight is 292 g/mol. The predicted molar refractivity (Wildman–Crippen MR) is 76.4 cm³/mol. The Morgan fingerprint density at radius 3 is 2.63 bits per heavy atom. The van der Waals surface area contributed by atoms with Crippen molar-refractivity contribution in [3.8, 4) is 11.5 Å². The first-order chi connectivity index (χ1) is 9.31. The molecule has 0 aliphatic rings. The van der Waals surface area contributed by atoms with Gasteiger partial charge in [-0.3, -0.25) is 0 Å². The number of halogens is 1. The zero-order valence-corrected chi connectivity index (χ0v) is 11.4. The highest BCUT2D eigenvalue weighted by molar-refractivity contribution is 7.16. The van der Waals surface area contributed by atoms with Crippen LogP contribution in [0.4, 0.5) is 5.69 Å². The highest BCUT2D eigenvalue weighted by atomic mass is 35.5. The van der Waals surface area contributed by atoms with Gasteiger partial charge in [-0.05, 0) is 36.4 Å². The largest absolute Gasteiger partial charge is 0.423 e. The van der Waals surface area contributed by atoms with E-state index >= 15 is 0 Å². The lowest BCUT2D eigenvalue weighted by Crippen LogP contribution is -1.96. The maximum absolute atomic E-state index is 5.89. The number of nitrogens with one attached hydrogen (secondary N) is 1. The molecule has 3 aromatic rings. The second kappa shape index (κ2) is 5.42. The number of benzene rings is 1. The second-order valence-electron chi connectivity index (χ2n) is 3.88. The van der Waals surface area contributed by atoms with E-state index < -0.39 is 0 Å². The smallest absolute Gasteiger partial charge is 0.247 e. The number of aromatic nitrogens is 2. The summed E-state index contributed by atoms with van der Waals surface area (Å²) in [5, 5.41) is 10.9. The van der Waals surface area contributed by atoms with E-state index in [-0.39, 0.29) is 0 Å². The summed E-state index contributed by atoms with van der Waals surface area (Å²) in [4.78, 5) is 1.20. The molecule has 0 aliphatic carbocycles. The highest BCUT2D eigenvalue weighted by Gasteiger charge is 2.03. The summed E-state index contributed by atoms with van der Waals surface area (Å²) in [7, 11) is 0. The van der Waals surface area contributed by atoms with E-state index in [9.17, 15) is 0 Å². The molecular weight excluding hydrogens is 282 g/mol. The van der Waals surface area contributed by atoms with Gasteiger partial charge in [0, 0.05) is 22.7 Å². The minimum atomic E-state index is 0.525. The molecule has 2 heterocycles. The first-order valence-electron chi connectivity index (χ1n) is 5.66. The summed E-state index contributed by atoms with van der Waals surface area (Å²) >= 11 is 7.47. The normalized spacial score (nSPS) is 10.6. The van der Waals surface area contributed by atoms with Crippen LogP contribution in [-0.2, 0) is 6.54 Å². The molecule has 19 heavy (non-hydrogen) atoms. The van der Waals surface area contributed by atoms with Crippen molar-refractivity contribution >= 4 is 28.6 Å². The first-order valence-corrected chi connectivity index (χ1v) is 6.85. The van der Waals surface area contributed by atoms with Crippen molar-refractivity contribution < 1.29 is 4.42 Å². The summed E-state index contributed by atoms with van der Waals surface area (Å²) in [6.45, 7) is 0.761. The van der Waals surface area contributed by atoms with E-state index in [2.05, 4.69) is 15.5 Å². The van der Waals surface area contributed by atoms with Crippen molar-refractivity contribution in [2.75, 3.05) is 5.32 Å². The van der Waals surface area contributed by atoms with Crippen LogP contribution in [0.5, 0.6) is 0 Å². The molecule has 0 saturated heterocycles. The molecule has 0 atom stereocenters. The maximum Gasteiger partial charge on any atom is 0.247 e. The molecule has 0 saturated carbocycles. The van der Waals surface area contributed by atoms with Crippen molar-refractivity contribution in [2.45, 2.75) is 6.54 Å². The molecule has 0 unspecified atom stereocenters. The van der Waals surface area contributed by atoms with Crippen LogP contribution >= 0.6 is 22.9 Å². The van der Waals surface area contributed by atoms with Gasteiger partial charge in [-0.2, -0.15) is 0 Å². The number of hydrogen-bond donors (Lipinski definition) is 1. The molecule has 0 radical (unpaired) electrons. The van der Waals surface area contributed by atoms with Gasteiger partial charge in [0.2, 0.25) is 12.3 Å². The van der Waals surface area contributed by atoms with Gasteiger partial charge in [0.25, 0.3) is 0 Å². The summed E-state index contributed by atoms with van der Waals surface area (Å²) in [6, 6.07) is 11.8. The fourth-order valence-corrected chi connectivity index (χ4v) is 2.69. The van der Waals surface area contributed by atoms with E-state index in [1.165, 1.54) is 11.3 Å². The van der Waals surface area contributed by atoms with Gasteiger partial charge in [0.15, 0.2) is 0 Å². The molecule has 0 fully saturated rings. The summed E-state index contributed by atoms with van der Waals surface area (Å²) in [5.74, 6) is 0.525. The van der Waals surface area contributed by atoms with Crippen LogP contribution in [0.3, 0.4) is 0 Å². The van der Waals surface area contributed by atoms with Crippen molar-refractivity contribution in [3.63, 3.8) is 0 Å². The molecule has 2 aromatic heterocycles. The zero-order chi connectivity index (χ0) is 13.1. The van der Waals surface area contributed by atoms with Gasteiger partial charge in [0.1, 0.15) is 0 Å². The Kier molecular flexibility index (Phi) is 3.48. The SMILES string of the molecule is Clc1ccc(CNc2ccc(-c3nnco3)cc2)s1. The lowest BCUT2D eigenvalue weighted by molar-refractivity contribution is 0.568. The molecule has 4 nitrogen and oxygen atoms in total. The fourth-order valence-electron chi connectivity index (χ4n) is 1.67. The van der Waals surface area contributed by atoms with Gasteiger partial charge in [0.05, 0.1) is 4.34 Å². The van der Waals surface area contributed by atoms with Crippen LogP contribution in [0.15, 0.2) is 47.2 Å². The number of thiophene rings is 1. The monoisotopic (exact) mass is 291 g/mol. The van der Waals surface area contributed by atoms with Crippen molar-refractivity contribution in [2.24, 2.45) is 0 Å². The fraction of sp³-hybridized carbons (Fsp3) is 0.0769. The van der Waals surface area contributed by atoms with Gasteiger partial charge in [-0.1, -0.05) is 11.6 Å². The molecule has 96 valence electrons. The van der Waals surface area contributed by atoms with Gasteiger partial charge >= 0.3 is 0 Å². The predicted octanol–water partition coefficient (Wildman–Crippen LogP) is 4.06. The molecule has 0 bridgehead atoms. The summed E-state index contributed by atoms with van der Waals surface area (Å²) < 4.78 is 5.94. The first kappa shape index (κ1) is 12.2. The molecular formula is C13H10ClN3OS. The van der Waals surface area contributed by atoms with Crippen LogP contribution in [0.25, 0.3) is 11.5 Å². The molecule has 3 rings (SSSR count). The Morgan fingerprint density at radius 1 is 1.16 bits per heavy atom. The maximum atomic E-state index is 5.89. The lowest BCUT2D eigenvalue weighted by atomic mass is 10.2. The van der Waals surface area contributed by atoms with Crippen LogP contribution in [0.2, 0.25) is 4.34 Å². The number of nitrogens with zero attached hydrogens (tertiary/aromatic N) is 2. The minimum Gasteiger partial charge on any atom is -0.423 e. The summed E-state index contributed by atoms with van der Waals surface area (Å²) in [6.07, 6.45) is 1.32. The third kappa shape index (κ3) is 2.94. The Bertz CT molecular complexity index is 649. The van der Waals surface area contributed by atoms with E-state index in [0.29, 0.717) is 5.89 Å². The van der Waals surface area contributed by atoms with Gasteiger partial charge < -0.3 is 9.73 Å². The lowest BCUT2D eigenvalue weighted by Gasteiger charge is -2.04. The average Bonchev–Trinajstić information content (AvgIpc) is 3.08. The quantitative estimate of drug-likeness (QED) is 0.787. The van der Waals surface area contributed by atoms with Gasteiger partial charge in [-0.25, -0.2) is 0 Å². The van der Waals surface area contributed by atoms with E-state index in [4.69, 9.17) is 16.0 Å². The summed E-state index contributed by atoms with van der Waals surface area (Å²) in [5.41, 5.74) is 1.94. The van der Waals surface area contributed by atoms with E-state index in [0.717, 1.165) is 22.1 Å². The minimum absolute atomic E-state index is 0.525. The molecule has 0 spiro atoms. The Balaban J connectivity index is 1.66. The Hall–Kier alpha value is -1.85. The Morgan fingerprint density at radius 2 is 2.00 bits per heavy atom. The highest BCUT2D eigenvalue weighted by Crippen LogP contribution is 2.23. The standard InChI is InChI=1S/C13H10ClN3OS/c14-12-6-5-11(19-12)7-15-10-3-1-9(2-4-10)13-17-16-8-18-13/h1-6,8,15H,7H2. The van der Waals surface area contributed by atoms with Crippen LogP contribution in [0.1, 0.15) is 4.88 Å². The van der Waals surface area contributed by atoms with Crippen LogP contribution < -0.4 is 5.32 Å². The third-order valence-corrected chi connectivity index (χ3v) is 3.82. The van der Waals surface area contributed by atoms with E-state index in [1.807, 2.05) is 36.4 Å². The van der Waals surface area contributed by atoms with Gasteiger partial charge in [-0.15, -0.1) is 21.5 Å². The van der Waals surface area contributed by atoms with Crippen molar-refractivity contribution in [1.29, 1.82) is 0 Å². The number of anilines is 1. The molecule has 0 aliphatic heterocycles. The van der Waals surface area contributed by atoms with Crippen molar-refractivity contribution in [3.05, 3.63) is 52.0 Å². The molecule has 1 N–H and O–H groups in total. The Labute approximate surface area is 119 Å². The van der Waals surface area contributed by atoms with E-state index in [1.54, 1.807) is 11.3 Å². The zero-order valence-electron chi connectivity index (χ0n) is 9.84. The topological polar surface area (TPSA) is 51.0 Å². The number of rotatable bonds is 4. The molecule has 0 amide bonds. The molecule has 1 aromatic carbocycles. The van der Waals surface area contributed by atoms with Crippen LogP contribution in [-0.4, -0.2) is 10.2 Å². The third-order valence-electron chi connectivity index (χ3n) is 2.59. The van der Waals surface area contributed by atoms with Crippen LogP contribution in [0, 0.1) is 0 Å². The molecule has 6 heteroatoms. The second-order valence-corrected chi connectivity index (χ2v) is 5.68. The van der Waals surface area contributed by atoms with Crippen molar-refractivity contribution in [1.82, 2.24) is 10.2 Å².